The van der Waals surface area contributed by atoms with E-state index in [4.69, 9.17) is 0 Å². The topological polar surface area (TPSA) is 3.24 Å². The highest BCUT2D eigenvalue weighted by molar-refractivity contribution is 7.44. The molecule has 1 rings (SSSR count). The number of hydrogen-bond acceptors (Lipinski definition) is 1. The zero-order chi connectivity index (χ0) is 7.40. The predicted octanol–water partition coefficient (Wildman–Crippen LogP) is 1.47. The van der Waals surface area contributed by atoms with Crippen LogP contribution in [0.4, 0.5) is 0 Å². The lowest BCUT2D eigenvalue weighted by molar-refractivity contribution is 0.697. The standard InChI is InChI=1S/C8H12NP/c1-9(2)10-8-6-4-3-5-7-8/h3-7,10H,1-2H3. The number of nitrogens with zero attached hydrogens (tertiary/aromatic N) is 1. The fraction of sp³-hybridized carbons (Fsp3) is 0.250. The van der Waals surface area contributed by atoms with Crippen molar-refractivity contribution in [1.29, 1.82) is 0 Å². The van der Waals surface area contributed by atoms with E-state index in [-0.39, 0.29) is 0 Å². The van der Waals surface area contributed by atoms with Gasteiger partial charge in [-0.1, -0.05) is 30.3 Å². The maximum Gasteiger partial charge on any atom is -0.00966 e. The van der Waals surface area contributed by atoms with Crippen LogP contribution in [0.15, 0.2) is 30.3 Å². The highest BCUT2D eigenvalue weighted by Gasteiger charge is 1.90. The van der Waals surface area contributed by atoms with Crippen molar-refractivity contribution in [3.05, 3.63) is 30.3 Å². The van der Waals surface area contributed by atoms with Gasteiger partial charge in [0.05, 0.1) is 0 Å². The molecule has 0 saturated heterocycles. The molecule has 0 amide bonds. The summed E-state index contributed by atoms with van der Waals surface area (Å²) in [6, 6.07) is 10.5. The van der Waals surface area contributed by atoms with Crippen LogP contribution in [-0.4, -0.2) is 18.8 Å². The van der Waals surface area contributed by atoms with Crippen molar-refractivity contribution in [3.63, 3.8) is 0 Å². The zero-order valence-corrected chi connectivity index (χ0v) is 7.33. The lowest BCUT2D eigenvalue weighted by Gasteiger charge is -2.07. The van der Waals surface area contributed by atoms with E-state index in [2.05, 4.69) is 43.0 Å². The summed E-state index contributed by atoms with van der Waals surface area (Å²) in [7, 11) is 4.97. The molecule has 0 aliphatic heterocycles. The highest BCUT2D eigenvalue weighted by Crippen LogP contribution is 2.10. The molecular formula is C8H12NP. The van der Waals surface area contributed by atoms with Crippen LogP contribution in [0, 0.1) is 0 Å². The summed E-state index contributed by atoms with van der Waals surface area (Å²) >= 11 is 0. The molecule has 0 heterocycles. The van der Waals surface area contributed by atoms with Gasteiger partial charge in [0, 0.05) is 0 Å². The first-order valence-corrected chi connectivity index (χ1v) is 4.23. The minimum Gasteiger partial charge on any atom is -0.287 e. The second-order valence-corrected chi connectivity index (χ2v) is 4.07. The first kappa shape index (κ1) is 7.71. The van der Waals surface area contributed by atoms with E-state index in [1.54, 1.807) is 0 Å². The molecule has 2 heteroatoms. The SMILES string of the molecule is CN(C)Pc1ccccc1. The summed E-state index contributed by atoms with van der Waals surface area (Å²) in [5, 5.41) is 1.40. The molecule has 0 saturated carbocycles. The monoisotopic (exact) mass is 153 g/mol. The van der Waals surface area contributed by atoms with Crippen LogP contribution in [0.25, 0.3) is 0 Å². The Morgan fingerprint density at radius 3 is 2.20 bits per heavy atom. The quantitative estimate of drug-likeness (QED) is 0.581. The van der Waals surface area contributed by atoms with E-state index in [9.17, 15) is 0 Å². The van der Waals surface area contributed by atoms with E-state index >= 15 is 0 Å². The molecule has 1 unspecified atom stereocenters. The van der Waals surface area contributed by atoms with Crippen molar-refractivity contribution in [2.75, 3.05) is 14.1 Å². The molecule has 0 aromatic heterocycles. The van der Waals surface area contributed by atoms with Crippen LogP contribution >= 0.6 is 8.73 Å². The Morgan fingerprint density at radius 2 is 1.70 bits per heavy atom. The molecular weight excluding hydrogens is 141 g/mol. The van der Waals surface area contributed by atoms with Crippen molar-refractivity contribution >= 4 is 14.0 Å². The molecule has 0 radical (unpaired) electrons. The van der Waals surface area contributed by atoms with Crippen LogP contribution in [0.5, 0.6) is 0 Å². The largest absolute Gasteiger partial charge is 0.287 e. The molecule has 0 aliphatic rings. The lowest BCUT2D eigenvalue weighted by atomic mass is 10.4. The van der Waals surface area contributed by atoms with E-state index < -0.39 is 0 Å². The fourth-order valence-corrected chi connectivity index (χ4v) is 1.63. The Morgan fingerprint density at radius 1 is 1.10 bits per heavy atom. The van der Waals surface area contributed by atoms with Crippen LogP contribution < -0.4 is 5.30 Å². The van der Waals surface area contributed by atoms with Gasteiger partial charge < -0.3 is 0 Å². The smallest absolute Gasteiger partial charge is 0.00966 e. The summed E-state index contributed by atoms with van der Waals surface area (Å²) in [5.74, 6) is 0. The molecule has 1 nitrogen and oxygen atoms in total. The van der Waals surface area contributed by atoms with Gasteiger partial charge in [-0.25, -0.2) is 0 Å². The third-order valence-electron chi connectivity index (χ3n) is 1.13. The third-order valence-corrected chi connectivity index (χ3v) is 2.17. The maximum absolute atomic E-state index is 2.19. The van der Waals surface area contributed by atoms with Gasteiger partial charge in [-0.3, -0.25) is 4.67 Å². The molecule has 0 fully saturated rings. The Hall–Kier alpha value is -0.390. The minimum atomic E-state index is 0.794. The highest BCUT2D eigenvalue weighted by atomic mass is 31.1. The summed E-state index contributed by atoms with van der Waals surface area (Å²) < 4.78 is 2.19. The maximum atomic E-state index is 2.19. The molecule has 1 aromatic rings. The molecule has 0 aliphatic carbocycles. The van der Waals surface area contributed by atoms with Gasteiger partial charge in [-0.15, -0.1) is 0 Å². The zero-order valence-electron chi connectivity index (χ0n) is 6.33. The molecule has 0 bridgehead atoms. The number of hydrogen-bond donors (Lipinski definition) is 0. The third kappa shape index (κ3) is 2.47. The van der Waals surface area contributed by atoms with Crippen molar-refractivity contribution in [1.82, 2.24) is 4.67 Å². The minimum absolute atomic E-state index is 0.794. The van der Waals surface area contributed by atoms with Crippen LogP contribution in [0.1, 0.15) is 0 Å². The van der Waals surface area contributed by atoms with E-state index in [1.807, 2.05) is 6.07 Å². The van der Waals surface area contributed by atoms with Crippen molar-refractivity contribution in [2.24, 2.45) is 0 Å². The van der Waals surface area contributed by atoms with E-state index in [0.717, 1.165) is 8.73 Å². The van der Waals surface area contributed by atoms with Crippen LogP contribution in [0.2, 0.25) is 0 Å². The van der Waals surface area contributed by atoms with Crippen LogP contribution in [-0.2, 0) is 0 Å². The lowest BCUT2D eigenvalue weighted by Crippen LogP contribution is -2.04. The number of rotatable bonds is 2. The Kier molecular flexibility index (Phi) is 2.85. The molecule has 1 aromatic carbocycles. The molecule has 0 spiro atoms. The van der Waals surface area contributed by atoms with Gasteiger partial charge in [0.25, 0.3) is 0 Å². The second-order valence-electron chi connectivity index (χ2n) is 2.37. The predicted molar refractivity (Wildman–Crippen MR) is 48.1 cm³/mol. The Balaban J connectivity index is 2.59. The normalized spacial score (nSPS) is 11.5. The Bertz CT molecular complexity index is 184. The molecule has 0 N–H and O–H groups in total. The summed E-state index contributed by atoms with van der Waals surface area (Å²) in [4.78, 5) is 0. The van der Waals surface area contributed by atoms with Crippen molar-refractivity contribution < 1.29 is 0 Å². The number of benzene rings is 1. The average Bonchev–Trinajstić information content (AvgIpc) is 1.88. The van der Waals surface area contributed by atoms with Gasteiger partial charge >= 0.3 is 0 Å². The van der Waals surface area contributed by atoms with E-state index in [1.165, 1.54) is 5.30 Å². The van der Waals surface area contributed by atoms with Crippen molar-refractivity contribution in [3.8, 4) is 0 Å². The Labute approximate surface area is 63.9 Å². The van der Waals surface area contributed by atoms with Gasteiger partial charge in [0.2, 0.25) is 0 Å². The second kappa shape index (κ2) is 3.70. The summed E-state index contributed by atoms with van der Waals surface area (Å²) in [5.41, 5.74) is 0. The van der Waals surface area contributed by atoms with Gasteiger partial charge in [0.15, 0.2) is 0 Å². The fourth-order valence-electron chi connectivity index (χ4n) is 0.771. The molecule has 10 heavy (non-hydrogen) atoms. The van der Waals surface area contributed by atoms with Gasteiger partial charge in [-0.05, 0) is 28.1 Å². The van der Waals surface area contributed by atoms with Gasteiger partial charge in [0.1, 0.15) is 0 Å². The van der Waals surface area contributed by atoms with E-state index in [0.29, 0.717) is 0 Å². The summed E-state index contributed by atoms with van der Waals surface area (Å²) in [6.45, 7) is 0. The van der Waals surface area contributed by atoms with Crippen molar-refractivity contribution in [2.45, 2.75) is 0 Å². The van der Waals surface area contributed by atoms with Crippen LogP contribution in [0.3, 0.4) is 0 Å². The first-order chi connectivity index (χ1) is 4.79. The first-order valence-electron chi connectivity index (χ1n) is 3.28. The molecule has 1 atom stereocenters. The molecule has 54 valence electrons. The average molecular weight is 153 g/mol. The van der Waals surface area contributed by atoms with Gasteiger partial charge in [-0.2, -0.15) is 0 Å². The summed E-state index contributed by atoms with van der Waals surface area (Å²) in [6.07, 6.45) is 0.